The molecule has 0 unspecified atom stereocenters. The van der Waals surface area contributed by atoms with Crippen molar-refractivity contribution in [2.75, 3.05) is 0 Å². The van der Waals surface area contributed by atoms with Crippen molar-refractivity contribution in [3.05, 3.63) is 27.5 Å². The van der Waals surface area contributed by atoms with Crippen molar-refractivity contribution in [3.8, 4) is 0 Å². The van der Waals surface area contributed by atoms with Crippen LogP contribution in [0, 0.1) is 0 Å². The lowest BCUT2D eigenvalue weighted by Crippen LogP contribution is -2.20. The van der Waals surface area contributed by atoms with Gasteiger partial charge in [-0.1, -0.05) is 11.6 Å². The second kappa shape index (κ2) is 5.89. The fourth-order valence-electron chi connectivity index (χ4n) is 1.79. The van der Waals surface area contributed by atoms with Crippen LogP contribution in [0.15, 0.2) is 11.1 Å². The summed E-state index contributed by atoms with van der Waals surface area (Å²) in [6, 6.07) is 0. The number of hydrogen-bond donors (Lipinski definition) is 1. The molecule has 0 bridgehead atoms. The molecule has 0 amide bonds. The van der Waals surface area contributed by atoms with E-state index in [0.29, 0.717) is 5.03 Å². The lowest BCUT2D eigenvalue weighted by atomic mass is 10.1. The summed E-state index contributed by atoms with van der Waals surface area (Å²) < 4.78 is 63.9. The number of nitrogens with one attached hydrogen (secondary N) is 1. The quantitative estimate of drug-likeness (QED) is 0.808. The monoisotopic (exact) mass is 363 g/mol. The lowest BCUT2D eigenvalue weighted by molar-refractivity contribution is -0.150. The van der Waals surface area contributed by atoms with E-state index in [9.17, 15) is 22.0 Å². The minimum Gasteiger partial charge on any atom is -0.265 e. The highest BCUT2D eigenvalue weighted by atomic mass is 35.5. The standard InChI is InChI=1S/C11H11ClF5N3OS/c1-10(2)3-6(19-21-10)22-4-5-7(11(15,16)17)20(9(13)14)18-8(5)12/h3,9,19H,4H2,1-2H3. The van der Waals surface area contributed by atoms with Crippen molar-refractivity contribution in [1.82, 2.24) is 15.3 Å². The minimum absolute atomic E-state index is 0.279. The molecule has 22 heavy (non-hydrogen) atoms. The highest BCUT2D eigenvalue weighted by molar-refractivity contribution is 8.02. The molecule has 0 aliphatic carbocycles. The molecule has 0 aromatic carbocycles. The first-order valence-electron chi connectivity index (χ1n) is 5.93. The first-order valence-corrected chi connectivity index (χ1v) is 7.29. The van der Waals surface area contributed by atoms with E-state index in [0.717, 1.165) is 11.8 Å². The van der Waals surface area contributed by atoms with E-state index in [1.165, 1.54) is 0 Å². The van der Waals surface area contributed by atoms with Crippen LogP contribution < -0.4 is 5.48 Å². The molecule has 4 nitrogen and oxygen atoms in total. The summed E-state index contributed by atoms with van der Waals surface area (Å²) in [7, 11) is 0. The smallest absolute Gasteiger partial charge is 0.265 e. The number of nitrogens with zero attached hydrogens (tertiary/aromatic N) is 2. The molecule has 0 saturated heterocycles. The molecule has 0 atom stereocenters. The average Bonchev–Trinajstić information content (AvgIpc) is 2.86. The third kappa shape index (κ3) is 3.66. The Bertz CT molecular complexity index is 599. The van der Waals surface area contributed by atoms with Crippen LogP contribution in [0.1, 0.15) is 31.7 Å². The van der Waals surface area contributed by atoms with Gasteiger partial charge < -0.3 is 0 Å². The van der Waals surface area contributed by atoms with Crippen molar-refractivity contribution in [2.45, 2.75) is 37.9 Å². The summed E-state index contributed by atoms with van der Waals surface area (Å²) in [4.78, 5) is 5.15. The maximum absolute atomic E-state index is 13.0. The summed E-state index contributed by atoms with van der Waals surface area (Å²) in [5.74, 6) is -0.279. The van der Waals surface area contributed by atoms with Crippen molar-refractivity contribution < 1.29 is 26.8 Å². The Morgan fingerprint density at radius 3 is 2.55 bits per heavy atom. The van der Waals surface area contributed by atoms with Gasteiger partial charge in [0.25, 0.3) is 0 Å². The van der Waals surface area contributed by atoms with Crippen LogP contribution >= 0.6 is 23.4 Å². The normalized spacial score (nSPS) is 17.8. The molecule has 2 rings (SSSR count). The maximum atomic E-state index is 13.0. The molecule has 1 N–H and O–H groups in total. The zero-order valence-electron chi connectivity index (χ0n) is 11.3. The maximum Gasteiger partial charge on any atom is 0.433 e. The number of aromatic nitrogens is 2. The van der Waals surface area contributed by atoms with Gasteiger partial charge in [-0.3, -0.25) is 10.3 Å². The number of alkyl halides is 5. The Labute approximate surface area is 131 Å². The molecule has 2 heterocycles. The van der Waals surface area contributed by atoms with Crippen molar-refractivity contribution in [3.63, 3.8) is 0 Å². The van der Waals surface area contributed by atoms with Crippen LogP contribution in [0.25, 0.3) is 0 Å². The van der Waals surface area contributed by atoms with Crippen LogP contribution in [0.4, 0.5) is 22.0 Å². The van der Waals surface area contributed by atoms with Crippen LogP contribution in [0.2, 0.25) is 5.15 Å². The molecule has 1 aliphatic rings. The minimum atomic E-state index is -4.99. The summed E-state index contributed by atoms with van der Waals surface area (Å²) in [6.45, 7) is 0.0616. The van der Waals surface area contributed by atoms with Gasteiger partial charge in [0.1, 0.15) is 5.60 Å². The molecule has 1 aromatic heterocycles. The second-order valence-electron chi connectivity index (χ2n) is 4.94. The Morgan fingerprint density at radius 1 is 1.45 bits per heavy atom. The highest BCUT2D eigenvalue weighted by Crippen LogP contribution is 2.40. The van der Waals surface area contributed by atoms with Gasteiger partial charge in [0, 0.05) is 11.3 Å². The van der Waals surface area contributed by atoms with Gasteiger partial charge in [0.15, 0.2) is 10.8 Å². The summed E-state index contributed by atoms with van der Waals surface area (Å²) >= 11 is 6.54. The number of halogens is 6. The van der Waals surface area contributed by atoms with Crippen LogP contribution in [-0.4, -0.2) is 15.4 Å². The second-order valence-corrected chi connectivity index (χ2v) is 6.32. The van der Waals surface area contributed by atoms with Crippen LogP contribution in [0.5, 0.6) is 0 Å². The zero-order chi connectivity index (χ0) is 16.7. The topological polar surface area (TPSA) is 39.1 Å². The third-order valence-electron chi connectivity index (χ3n) is 2.68. The van der Waals surface area contributed by atoms with Crippen molar-refractivity contribution in [1.29, 1.82) is 0 Å². The van der Waals surface area contributed by atoms with Gasteiger partial charge in [-0.15, -0.1) is 11.8 Å². The molecule has 1 aliphatic heterocycles. The molecule has 1 aromatic rings. The van der Waals surface area contributed by atoms with Crippen molar-refractivity contribution >= 4 is 23.4 Å². The number of thioether (sulfide) groups is 1. The number of hydrogen-bond acceptors (Lipinski definition) is 4. The van der Waals surface area contributed by atoms with Crippen LogP contribution in [-0.2, 0) is 16.8 Å². The number of hydroxylamine groups is 1. The van der Waals surface area contributed by atoms with Gasteiger partial charge >= 0.3 is 12.7 Å². The lowest BCUT2D eigenvalue weighted by Gasteiger charge is -2.12. The van der Waals surface area contributed by atoms with Gasteiger partial charge in [-0.25, -0.2) is 0 Å². The Hall–Kier alpha value is -1.00. The summed E-state index contributed by atoms with van der Waals surface area (Å²) in [5, 5.41) is 2.95. The predicted octanol–water partition coefficient (Wildman–Crippen LogP) is 4.34. The fraction of sp³-hybridized carbons (Fsp3) is 0.545. The first kappa shape index (κ1) is 17.4. The first-order chi connectivity index (χ1) is 10.0. The van der Waals surface area contributed by atoms with Gasteiger partial charge in [0.05, 0.1) is 5.03 Å². The van der Waals surface area contributed by atoms with E-state index in [-0.39, 0.29) is 5.75 Å². The Balaban J connectivity index is 2.28. The highest BCUT2D eigenvalue weighted by Gasteiger charge is 2.41. The van der Waals surface area contributed by atoms with E-state index in [4.69, 9.17) is 16.4 Å². The molecule has 11 heteroatoms. The summed E-state index contributed by atoms with van der Waals surface area (Å²) in [5.41, 5.74) is -0.0927. The van der Waals surface area contributed by atoms with Gasteiger partial charge in [0.2, 0.25) is 0 Å². The SMILES string of the molecule is CC1(C)C=C(SCc2c(Cl)nn(C(F)F)c2C(F)(F)F)NO1. The van der Waals surface area contributed by atoms with E-state index in [1.807, 2.05) is 0 Å². The fourth-order valence-corrected chi connectivity index (χ4v) is 3.15. The van der Waals surface area contributed by atoms with E-state index >= 15 is 0 Å². The van der Waals surface area contributed by atoms with Gasteiger partial charge in [-0.05, 0) is 19.9 Å². The predicted molar refractivity (Wildman–Crippen MR) is 71.2 cm³/mol. The average molecular weight is 364 g/mol. The van der Waals surface area contributed by atoms with E-state index < -0.39 is 39.4 Å². The van der Waals surface area contributed by atoms with Crippen molar-refractivity contribution in [2.24, 2.45) is 0 Å². The van der Waals surface area contributed by atoms with Gasteiger partial charge in [-0.2, -0.15) is 31.7 Å². The molecule has 124 valence electrons. The largest absolute Gasteiger partial charge is 0.433 e. The molecular formula is C11H11ClF5N3OS. The molecule has 0 radical (unpaired) electrons. The van der Waals surface area contributed by atoms with Crippen LogP contribution in [0.3, 0.4) is 0 Å². The molecular weight excluding hydrogens is 353 g/mol. The number of rotatable bonds is 4. The molecule has 0 saturated carbocycles. The zero-order valence-corrected chi connectivity index (χ0v) is 12.9. The summed E-state index contributed by atoms with van der Waals surface area (Å²) in [6.07, 6.45) is -3.32. The molecule has 0 spiro atoms. The molecule has 0 fully saturated rings. The van der Waals surface area contributed by atoms with E-state index in [1.54, 1.807) is 19.9 Å². The third-order valence-corrected chi connectivity index (χ3v) is 3.93. The van der Waals surface area contributed by atoms with E-state index in [2.05, 4.69) is 10.6 Å². The Morgan fingerprint density at radius 2 is 2.09 bits per heavy atom. The Kier molecular flexibility index (Phi) is 4.65.